The van der Waals surface area contributed by atoms with Crippen molar-refractivity contribution in [2.24, 2.45) is 0 Å². The molecule has 18 heavy (non-hydrogen) atoms. The number of hydrogen-bond donors (Lipinski definition) is 1. The summed E-state index contributed by atoms with van der Waals surface area (Å²) in [6.07, 6.45) is 1.84. The molecule has 2 rings (SSSR count). The molecule has 0 fully saturated rings. The Morgan fingerprint density at radius 2 is 2.33 bits per heavy atom. The van der Waals surface area contributed by atoms with E-state index >= 15 is 0 Å². The SMILES string of the molecule is CCCNC(Cc1cccc(F)c1)c1cscn1. The van der Waals surface area contributed by atoms with Crippen LogP contribution in [0, 0.1) is 5.82 Å². The van der Waals surface area contributed by atoms with Crippen molar-refractivity contribution in [3.8, 4) is 0 Å². The van der Waals surface area contributed by atoms with Crippen molar-refractivity contribution in [3.63, 3.8) is 0 Å². The third-order valence-electron chi connectivity index (χ3n) is 2.78. The van der Waals surface area contributed by atoms with Gasteiger partial charge in [0.1, 0.15) is 5.82 Å². The van der Waals surface area contributed by atoms with Gasteiger partial charge < -0.3 is 5.32 Å². The molecule has 4 heteroatoms. The summed E-state index contributed by atoms with van der Waals surface area (Å²) in [5.41, 5.74) is 3.87. The minimum absolute atomic E-state index is 0.165. The van der Waals surface area contributed by atoms with Crippen LogP contribution in [-0.2, 0) is 6.42 Å². The normalized spacial score (nSPS) is 12.6. The summed E-state index contributed by atoms with van der Waals surface area (Å²) in [7, 11) is 0. The number of thiazole rings is 1. The summed E-state index contributed by atoms with van der Waals surface area (Å²) in [5.74, 6) is -0.181. The summed E-state index contributed by atoms with van der Waals surface area (Å²) in [4.78, 5) is 4.35. The van der Waals surface area contributed by atoms with Gasteiger partial charge in [-0.3, -0.25) is 0 Å². The predicted molar refractivity (Wildman–Crippen MR) is 73.3 cm³/mol. The van der Waals surface area contributed by atoms with Crippen molar-refractivity contribution in [1.29, 1.82) is 0 Å². The first-order valence-corrected chi connectivity index (χ1v) is 7.09. The van der Waals surface area contributed by atoms with E-state index in [9.17, 15) is 4.39 Å². The maximum absolute atomic E-state index is 13.2. The largest absolute Gasteiger partial charge is 0.308 e. The Labute approximate surface area is 111 Å². The molecule has 96 valence electrons. The maximum Gasteiger partial charge on any atom is 0.123 e. The second-order valence-electron chi connectivity index (χ2n) is 4.25. The molecule has 1 unspecified atom stereocenters. The molecule has 2 nitrogen and oxygen atoms in total. The minimum atomic E-state index is -0.181. The highest BCUT2D eigenvalue weighted by Gasteiger charge is 2.13. The fourth-order valence-electron chi connectivity index (χ4n) is 1.89. The Kier molecular flexibility index (Phi) is 4.84. The van der Waals surface area contributed by atoms with Crippen molar-refractivity contribution in [3.05, 3.63) is 52.2 Å². The van der Waals surface area contributed by atoms with Gasteiger partial charge in [-0.25, -0.2) is 9.37 Å². The first kappa shape index (κ1) is 13.2. The summed E-state index contributed by atoms with van der Waals surface area (Å²) in [6.45, 7) is 3.07. The van der Waals surface area contributed by atoms with Crippen LogP contribution in [0.4, 0.5) is 4.39 Å². The van der Waals surface area contributed by atoms with Gasteiger partial charge in [0, 0.05) is 5.38 Å². The van der Waals surface area contributed by atoms with Crippen LogP contribution in [0.25, 0.3) is 0 Å². The first-order chi connectivity index (χ1) is 8.79. The molecule has 0 aliphatic heterocycles. The first-order valence-electron chi connectivity index (χ1n) is 6.15. The number of rotatable bonds is 6. The molecule has 1 aromatic carbocycles. The van der Waals surface area contributed by atoms with Crippen molar-refractivity contribution in [1.82, 2.24) is 10.3 Å². The van der Waals surface area contributed by atoms with E-state index in [0.717, 1.165) is 30.6 Å². The van der Waals surface area contributed by atoms with Crippen molar-refractivity contribution >= 4 is 11.3 Å². The second-order valence-corrected chi connectivity index (χ2v) is 4.97. The standard InChI is InChI=1S/C14H17FN2S/c1-2-6-16-13(14-9-18-10-17-14)8-11-4-3-5-12(15)7-11/h3-5,7,9-10,13,16H,2,6,8H2,1H3. The quantitative estimate of drug-likeness (QED) is 0.863. The summed E-state index contributed by atoms with van der Waals surface area (Å²) in [5, 5.41) is 5.51. The average Bonchev–Trinajstić information content (AvgIpc) is 2.88. The Balaban J connectivity index is 2.10. The van der Waals surface area contributed by atoms with Gasteiger partial charge in [0.15, 0.2) is 0 Å². The van der Waals surface area contributed by atoms with E-state index < -0.39 is 0 Å². The molecule has 1 atom stereocenters. The molecule has 1 heterocycles. The van der Waals surface area contributed by atoms with Gasteiger partial charge in [0.2, 0.25) is 0 Å². The Morgan fingerprint density at radius 1 is 1.44 bits per heavy atom. The van der Waals surface area contributed by atoms with E-state index in [1.54, 1.807) is 23.5 Å². The fourth-order valence-corrected chi connectivity index (χ4v) is 2.50. The second kappa shape index (κ2) is 6.61. The summed E-state index contributed by atoms with van der Waals surface area (Å²) < 4.78 is 13.2. The lowest BCUT2D eigenvalue weighted by atomic mass is 10.0. The minimum Gasteiger partial charge on any atom is -0.308 e. The highest BCUT2D eigenvalue weighted by molar-refractivity contribution is 7.07. The molecular formula is C14H17FN2S. The smallest absolute Gasteiger partial charge is 0.123 e. The molecule has 1 aromatic heterocycles. The number of benzene rings is 1. The van der Waals surface area contributed by atoms with Crippen LogP contribution in [0.3, 0.4) is 0 Å². The van der Waals surface area contributed by atoms with E-state index in [-0.39, 0.29) is 11.9 Å². The lowest BCUT2D eigenvalue weighted by Crippen LogP contribution is -2.24. The van der Waals surface area contributed by atoms with Crippen LogP contribution < -0.4 is 5.32 Å². The lowest BCUT2D eigenvalue weighted by molar-refractivity contribution is 0.518. The van der Waals surface area contributed by atoms with Gasteiger partial charge >= 0.3 is 0 Å². The highest BCUT2D eigenvalue weighted by Crippen LogP contribution is 2.19. The van der Waals surface area contributed by atoms with Crippen LogP contribution in [0.1, 0.15) is 30.6 Å². The number of nitrogens with one attached hydrogen (secondary N) is 1. The molecule has 1 N–H and O–H groups in total. The van der Waals surface area contributed by atoms with Gasteiger partial charge in [-0.2, -0.15) is 0 Å². The predicted octanol–water partition coefficient (Wildman–Crippen LogP) is 3.57. The van der Waals surface area contributed by atoms with Gasteiger partial charge in [0.25, 0.3) is 0 Å². The molecule has 0 bridgehead atoms. The fraction of sp³-hybridized carbons (Fsp3) is 0.357. The zero-order valence-electron chi connectivity index (χ0n) is 10.4. The molecule has 0 aliphatic rings. The molecule has 0 aliphatic carbocycles. The Bertz CT molecular complexity index is 470. The monoisotopic (exact) mass is 264 g/mol. The Hall–Kier alpha value is -1.26. The summed E-state index contributed by atoms with van der Waals surface area (Å²) >= 11 is 1.59. The molecule has 0 spiro atoms. The topological polar surface area (TPSA) is 24.9 Å². The molecular weight excluding hydrogens is 247 g/mol. The van der Waals surface area contributed by atoms with E-state index in [2.05, 4.69) is 17.2 Å². The summed E-state index contributed by atoms with van der Waals surface area (Å²) in [6, 6.07) is 6.94. The van der Waals surface area contributed by atoms with Crippen molar-refractivity contribution in [2.75, 3.05) is 6.54 Å². The van der Waals surface area contributed by atoms with Crippen molar-refractivity contribution < 1.29 is 4.39 Å². The number of halogens is 1. The zero-order valence-corrected chi connectivity index (χ0v) is 11.2. The van der Waals surface area contributed by atoms with E-state index in [1.807, 2.05) is 17.0 Å². The van der Waals surface area contributed by atoms with Crippen LogP contribution in [0.15, 0.2) is 35.2 Å². The average molecular weight is 264 g/mol. The zero-order chi connectivity index (χ0) is 12.8. The van der Waals surface area contributed by atoms with Crippen LogP contribution in [-0.4, -0.2) is 11.5 Å². The molecule has 0 amide bonds. The Morgan fingerprint density at radius 3 is 3.00 bits per heavy atom. The molecule has 0 saturated carbocycles. The van der Waals surface area contributed by atoms with E-state index in [4.69, 9.17) is 0 Å². The van der Waals surface area contributed by atoms with Crippen LogP contribution in [0.2, 0.25) is 0 Å². The highest BCUT2D eigenvalue weighted by atomic mass is 32.1. The van der Waals surface area contributed by atoms with Gasteiger partial charge in [-0.1, -0.05) is 19.1 Å². The van der Waals surface area contributed by atoms with Crippen LogP contribution >= 0.6 is 11.3 Å². The third kappa shape index (κ3) is 3.62. The number of aromatic nitrogens is 1. The molecule has 0 saturated heterocycles. The van der Waals surface area contributed by atoms with Crippen LogP contribution in [0.5, 0.6) is 0 Å². The van der Waals surface area contributed by atoms with Crippen molar-refractivity contribution in [2.45, 2.75) is 25.8 Å². The number of hydrogen-bond acceptors (Lipinski definition) is 3. The van der Waals surface area contributed by atoms with E-state index in [1.165, 1.54) is 6.07 Å². The number of nitrogens with zero attached hydrogens (tertiary/aromatic N) is 1. The lowest BCUT2D eigenvalue weighted by Gasteiger charge is -2.16. The van der Waals surface area contributed by atoms with Gasteiger partial charge in [-0.05, 0) is 37.1 Å². The van der Waals surface area contributed by atoms with Gasteiger partial charge in [0.05, 0.1) is 17.2 Å². The third-order valence-corrected chi connectivity index (χ3v) is 3.38. The molecule has 2 aromatic rings. The molecule has 0 radical (unpaired) electrons. The van der Waals surface area contributed by atoms with Gasteiger partial charge in [-0.15, -0.1) is 11.3 Å². The van der Waals surface area contributed by atoms with E-state index in [0.29, 0.717) is 0 Å². The maximum atomic E-state index is 13.2.